The van der Waals surface area contributed by atoms with Crippen LogP contribution in [0.25, 0.3) is 0 Å². The molecule has 3 heteroatoms. The fraction of sp³-hybridized carbons (Fsp3) is 0.929. The maximum Gasteiger partial charge on any atom is 0.220 e. The van der Waals surface area contributed by atoms with E-state index in [2.05, 4.69) is 26.1 Å². The highest BCUT2D eigenvalue weighted by atomic mass is 16.1. The summed E-state index contributed by atoms with van der Waals surface area (Å²) in [6, 6.07) is 0.402. The van der Waals surface area contributed by atoms with Gasteiger partial charge in [0.1, 0.15) is 0 Å². The van der Waals surface area contributed by atoms with Crippen LogP contribution in [0.5, 0.6) is 0 Å². The van der Waals surface area contributed by atoms with Crippen LogP contribution in [0.4, 0.5) is 0 Å². The average molecular weight is 240 g/mol. The molecule has 1 aliphatic rings. The zero-order valence-corrected chi connectivity index (χ0v) is 11.6. The Hall–Kier alpha value is -0.570. The molecule has 1 rings (SSSR count). The van der Waals surface area contributed by atoms with E-state index in [1.807, 2.05) is 0 Å². The maximum absolute atomic E-state index is 11.8. The zero-order chi connectivity index (χ0) is 12.9. The minimum Gasteiger partial charge on any atom is -0.351 e. The second kappa shape index (κ2) is 6.39. The smallest absolute Gasteiger partial charge is 0.220 e. The molecule has 100 valence electrons. The molecule has 1 amide bonds. The van der Waals surface area contributed by atoms with Gasteiger partial charge in [-0.3, -0.25) is 4.79 Å². The van der Waals surface area contributed by atoms with Crippen molar-refractivity contribution in [3.63, 3.8) is 0 Å². The van der Waals surface area contributed by atoms with E-state index in [0.717, 1.165) is 25.7 Å². The standard InChI is InChI=1S/C14H28N2O/c1-4-14(2,3)16-13(17)10-7-11-5-8-12(15)9-6-11/h11-12H,4-10,15H2,1-3H3,(H,16,17). The highest BCUT2D eigenvalue weighted by Gasteiger charge is 2.21. The predicted molar refractivity (Wildman–Crippen MR) is 71.7 cm³/mol. The predicted octanol–water partition coefficient (Wildman–Crippen LogP) is 2.59. The van der Waals surface area contributed by atoms with Crippen LogP contribution < -0.4 is 11.1 Å². The lowest BCUT2D eigenvalue weighted by Crippen LogP contribution is -2.42. The number of hydrogen-bond acceptors (Lipinski definition) is 2. The highest BCUT2D eigenvalue weighted by Crippen LogP contribution is 2.26. The molecule has 0 aromatic heterocycles. The molecule has 0 radical (unpaired) electrons. The van der Waals surface area contributed by atoms with Crippen LogP contribution >= 0.6 is 0 Å². The Labute approximate surface area is 106 Å². The van der Waals surface area contributed by atoms with E-state index >= 15 is 0 Å². The van der Waals surface area contributed by atoms with Crippen molar-refractivity contribution in [1.29, 1.82) is 0 Å². The third-order valence-electron chi connectivity index (χ3n) is 4.03. The molecular weight excluding hydrogens is 212 g/mol. The van der Waals surface area contributed by atoms with Crippen molar-refractivity contribution in [3.05, 3.63) is 0 Å². The van der Waals surface area contributed by atoms with Gasteiger partial charge in [-0.2, -0.15) is 0 Å². The SMILES string of the molecule is CCC(C)(C)NC(=O)CCC1CCC(N)CC1. The Kier molecular flexibility index (Phi) is 5.44. The average Bonchev–Trinajstić information content (AvgIpc) is 2.28. The minimum atomic E-state index is -0.0635. The van der Waals surface area contributed by atoms with Crippen molar-refractivity contribution in [2.75, 3.05) is 0 Å². The van der Waals surface area contributed by atoms with E-state index in [4.69, 9.17) is 5.73 Å². The largest absolute Gasteiger partial charge is 0.351 e. The van der Waals surface area contributed by atoms with Crippen LogP contribution in [-0.2, 0) is 4.79 Å². The highest BCUT2D eigenvalue weighted by molar-refractivity contribution is 5.76. The van der Waals surface area contributed by atoms with Crippen molar-refractivity contribution in [1.82, 2.24) is 5.32 Å². The molecule has 0 saturated heterocycles. The summed E-state index contributed by atoms with van der Waals surface area (Å²) in [4.78, 5) is 11.8. The van der Waals surface area contributed by atoms with E-state index in [0.29, 0.717) is 18.4 Å². The summed E-state index contributed by atoms with van der Waals surface area (Å²) in [5.41, 5.74) is 5.81. The van der Waals surface area contributed by atoms with Crippen LogP contribution in [0.2, 0.25) is 0 Å². The summed E-state index contributed by atoms with van der Waals surface area (Å²) in [5, 5.41) is 3.09. The lowest BCUT2D eigenvalue weighted by atomic mass is 9.83. The zero-order valence-electron chi connectivity index (χ0n) is 11.6. The summed E-state index contributed by atoms with van der Waals surface area (Å²) < 4.78 is 0. The van der Waals surface area contributed by atoms with E-state index in [1.54, 1.807) is 0 Å². The lowest BCUT2D eigenvalue weighted by Gasteiger charge is -2.27. The summed E-state index contributed by atoms with van der Waals surface area (Å²) in [5.74, 6) is 0.914. The molecule has 0 bridgehead atoms. The van der Waals surface area contributed by atoms with Crippen LogP contribution in [0, 0.1) is 5.92 Å². The Balaban J connectivity index is 2.20. The van der Waals surface area contributed by atoms with Crippen molar-refractivity contribution in [2.45, 2.75) is 77.3 Å². The Morgan fingerprint density at radius 1 is 1.29 bits per heavy atom. The molecule has 3 N–H and O–H groups in total. The van der Waals surface area contributed by atoms with E-state index < -0.39 is 0 Å². The third-order valence-corrected chi connectivity index (χ3v) is 4.03. The summed E-state index contributed by atoms with van der Waals surface area (Å²) in [6.07, 6.45) is 7.33. The molecule has 0 spiro atoms. The van der Waals surface area contributed by atoms with Crippen molar-refractivity contribution >= 4 is 5.91 Å². The van der Waals surface area contributed by atoms with Gasteiger partial charge >= 0.3 is 0 Å². The second-order valence-electron chi connectivity index (χ2n) is 6.11. The molecule has 0 aromatic rings. The van der Waals surface area contributed by atoms with Gasteiger partial charge in [0.2, 0.25) is 5.91 Å². The first-order valence-electron chi connectivity index (χ1n) is 6.99. The lowest BCUT2D eigenvalue weighted by molar-refractivity contribution is -0.123. The van der Waals surface area contributed by atoms with Crippen molar-refractivity contribution < 1.29 is 4.79 Å². The molecule has 3 nitrogen and oxygen atoms in total. The Morgan fingerprint density at radius 3 is 2.41 bits per heavy atom. The van der Waals surface area contributed by atoms with Gasteiger partial charge in [0, 0.05) is 18.0 Å². The van der Waals surface area contributed by atoms with Crippen molar-refractivity contribution in [2.24, 2.45) is 11.7 Å². The molecule has 0 heterocycles. The first kappa shape index (κ1) is 14.5. The first-order chi connectivity index (χ1) is 7.93. The Bertz CT molecular complexity index is 243. The number of rotatable bonds is 5. The minimum absolute atomic E-state index is 0.0635. The van der Waals surface area contributed by atoms with Gasteiger partial charge in [0.15, 0.2) is 0 Å². The summed E-state index contributed by atoms with van der Waals surface area (Å²) in [7, 11) is 0. The molecule has 1 aliphatic carbocycles. The fourth-order valence-electron chi connectivity index (χ4n) is 2.34. The number of carbonyl (C=O) groups excluding carboxylic acids is 1. The second-order valence-corrected chi connectivity index (χ2v) is 6.11. The normalized spacial score (nSPS) is 25.6. The van der Waals surface area contributed by atoms with Gasteiger partial charge in [0.25, 0.3) is 0 Å². The topological polar surface area (TPSA) is 55.1 Å². The fourth-order valence-corrected chi connectivity index (χ4v) is 2.34. The number of nitrogens with one attached hydrogen (secondary N) is 1. The molecule has 0 unspecified atom stereocenters. The monoisotopic (exact) mass is 240 g/mol. The van der Waals surface area contributed by atoms with E-state index in [-0.39, 0.29) is 11.4 Å². The molecule has 0 atom stereocenters. The van der Waals surface area contributed by atoms with Gasteiger partial charge in [-0.1, -0.05) is 6.92 Å². The van der Waals surface area contributed by atoms with Gasteiger partial charge in [-0.25, -0.2) is 0 Å². The number of carbonyl (C=O) groups is 1. The van der Waals surface area contributed by atoms with Gasteiger partial charge in [-0.05, 0) is 58.3 Å². The maximum atomic E-state index is 11.8. The molecule has 17 heavy (non-hydrogen) atoms. The van der Waals surface area contributed by atoms with Crippen LogP contribution in [0.3, 0.4) is 0 Å². The first-order valence-corrected chi connectivity index (χ1v) is 6.99. The molecule has 1 saturated carbocycles. The van der Waals surface area contributed by atoms with E-state index in [1.165, 1.54) is 12.8 Å². The van der Waals surface area contributed by atoms with Crippen LogP contribution in [0.15, 0.2) is 0 Å². The molecule has 1 fully saturated rings. The van der Waals surface area contributed by atoms with Crippen LogP contribution in [-0.4, -0.2) is 17.5 Å². The van der Waals surface area contributed by atoms with Gasteiger partial charge in [0.05, 0.1) is 0 Å². The third kappa shape index (κ3) is 5.53. The Morgan fingerprint density at radius 2 is 1.88 bits per heavy atom. The van der Waals surface area contributed by atoms with Crippen molar-refractivity contribution in [3.8, 4) is 0 Å². The molecule has 0 aliphatic heterocycles. The number of nitrogens with two attached hydrogens (primary N) is 1. The summed E-state index contributed by atoms with van der Waals surface area (Å²) in [6.45, 7) is 6.25. The van der Waals surface area contributed by atoms with Crippen LogP contribution in [0.1, 0.15) is 65.7 Å². The molecular formula is C14H28N2O. The summed E-state index contributed by atoms with van der Waals surface area (Å²) >= 11 is 0. The van der Waals surface area contributed by atoms with Gasteiger partial charge in [-0.15, -0.1) is 0 Å². The van der Waals surface area contributed by atoms with E-state index in [9.17, 15) is 4.79 Å². The van der Waals surface area contributed by atoms with Gasteiger partial charge < -0.3 is 11.1 Å². The number of amides is 1. The quantitative estimate of drug-likeness (QED) is 0.776. The molecule has 0 aromatic carbocycles. The number of hydrogen-bond donors (Lipinski definition) is 2.